The summed E-state index contributed by atoms with van der Waals surface area (Å²) in [6, 6.07) is 15.0. The monoisotopic (exact) mass is 380 g/mol. The molecule has 4 aromatic rings. The molecule has 0 unspecified atom stereocenters. The average molecular weight is 380 g/mol. The third-order valence-electron chi connectivity index (χ3n) is 4.31. The van der Waals surface area contributed by atoms with E-state index in [9.17, 15) is 13.2 Å². The van der Waals surface area contributed by atoms with Crippen LogP contribution in [0.15, 0.2) is 74.9 Å². The first-order valence-corrected chi connectivity index (χ1v) is 10.1. The fourth-order valence-electron chi connectivity index (χ4n) is 2.98. The number of para-hydroxylation sites is 1. The second-order valence-electron chi connectivity index (χ2n) is 6.30. The standard InChI is InChI=1S/C20H16N2O4S/c1-22-12-11-16(21-22)18-19(23)15-5-3-4-6-17(15)26-20(18)13-7-9-14(10-8-13)27(2,24)25/h3-12H,1-2H3. The minimum absolute atomic E-state index is 0.183. The van der Waals surface area contributed by atoms with Gasteiger partial charge in [-0.15, -0.1) is 0 Å². The van der Waals surface area contributed by atoms with E-state index >= 15 is 0 Å². The fraction of sp³-hybridized carbons (Fsp3) is 0.100. The van der Waals surface area contributed by atoms with Gasteiger partial charge in [-0.1, -0.05) is 12.1 Å². The zero-order valence-electron chi connectivity index (χ0n) is 14.7. The molecule has 0 aliphatic carbocycles. The molecular weight excluding hydrogens is 364 g/mol. The lowest BCUT2D eigenvalue weighted by atomic mass is 10.0. The number of aryl methyl sites for hydroxylation is 1. The molecule has 0 aliphatic rings. The molecule has 0 N–H and O–H groups in total. The molecule has 0 aliphatic heterocycles. The van der Waals surface area contributed by atoms with Crippen LogP contribution in [-0.4, -0.2) is 24.5 Å². The molecule has 7 heteroatoms. The number of nitrogens with zero attached hydrogens (tertiary/aromatic N) is 2. The van der Waals surface area contributed by atoms with Crippen LogP contribution in [0.2, 0.25) is 0 Å². The van der Waals surface area contributed by atoms with Crippen molar-refractivity contribution in [2.24, 2.45) is 7.05 Å². The molecule has 2 aromatic heterocycles. The number of hydrogen-bond donors (Lipinski definition) is 0. The van der Waals surface area contributed by atoms with Gasteiger partial charge in [-0.25, -0.2) is 8.42 Å². The van der Waals surface area contributed by atoms with Crippen molar-refractivity contribution in [1.82, 2.24) is 9.78 Å². The lowest BCUT2D eigenvalue weighted by molar-refractivity contribution is 0.601. The minimum Gasteiger partial charge on any atom is -0.455 e. The summed E-state index contributed by atoms with van der Waals surface area (Å²) in [5.74, 6) is 0.359. The van der Waals surface area contributed by atoms with Crippen LogP contribution < -0.4 is 5.43 Å². The number of fused-ring (bicyclic) bond motifs is 1. The van der Waals surface area contributed by atoms with E-state index in [1.54, 1.807) is 60.4 Å². The summed E-state index contributed by atoms with van der Waals surface area (Å²) in [5.41, 5.74) is 1.73. The van der Waals surface area contributed by atoms with Gasteiger partial charge in [0.05, 0.1) is 15.8 Å². The van der Waals surface area contributed by atoms with Crippen molar-refractivity contribution in [1.29, 1.82) is 0 Å². The molecule has 0 spiro atoms. The molecule has 2 heterocycles. The highest BCUT2D eigenvalue weighted by molar-refractivity contribution is 7.90. The fourth-order valence-corrected chi connectivity index (χ4v) is 3.61. The van der Waals surface area contributed by atoms with E-state index in [1.807, 2.05) is 0 Å². The Morgan fingerprint density at radius 2 is 1.70 bits per heavy atom. The second-order valence-corrected chi connectivity index (χ2v) is 8.32. The van der Waals surface area contributed by atoms with Gasteiger partial charge < -0.3 is 4.42 Å². The van der Waals surface area contributed by atoms with Crippen molar-refractivity contribution >= 4 is 20.8 Å². The number of hydrogen-bond acceptors (Lipinski definition) is 5. The molecule has 0 saturated heterocycles. The summed E-state index contributed by atoms with van der Waals surface area (Å²) in [5, 5.41) is 4.82. The molecule has 0 bridgehead atoms. The Bertz CT molecular complexity index is 1320. The smallest absolute Gasteiger partial charge is 0.202 e. The van der Waals surface area contributed by atoms with E-state index in [0.717, 1.165) is 6.26 Å². The van der Waals surface area contributed by atoms with Gasteiger partial charge in [-0.3, -0.25) is 9.48 Å². The van der Waals surface area contributed by atoms with Gasteiger partial charge in [0.2, 0.25) is 5.43 Å². The predicted molar refractivity (Wildman–Crippen MR) is 103 cm³/mol. The highest BCUT2D eigenvalue weighted by atomic mass is 32.2. The van der Waals surface area contributed by atoms with E-state index in [4.69, 9.17) is 4.42 Å². The third-order valence-corrected chi connectivity index (χ3v) is 5.44. The molecular formula is C20H16N2O4S. The highest BCUT2D eigenvalue weighted by Crippen LogP contribution is 2.32. The first-order valence-electron chi connectivity index (χ1n) is 8.21. The Balaban J connectivity index is 2.03. The van der Waals surface area contributed by atoms with E-state index in [0.29, 0.717) is 33.6 Å². The van der Waals surface area contributed by atoms with E-state index in [1.165, 1.54) is 12.1 Å². The molecule has 2 aromatic carbocycles. The van der Waals surface area contributed by atoms with Crippen LogP contribution in [0.5, 0.6) is 0 Å². The van der Waals surface area contributed by atoms with Crippen LogP contribution >= 0.6 is 0 Å². The van der Waals surface area contributed by atoms with Crippen molar-refractivity contribution in [3.63, 3.8) is 0 Å². The average Bonchev–Trinajstić information content (AvgIpc) is 3.07. The van der Waals surface area contributed by atoms with Crippen molar-refractivity contribution in [2.75, 3.05) is 6.26 Å². The zero-order valence-corrected chi connectivity index (χ0v) is 15.5. The second kappa shape index (κ2) is 6.21. The van der Waals surface area contributed by atoms with Crippen molar-refractivity contribution in [3.8, 4) is 22.6 Å². The summed E-state index contributed by atoms with van der Waals surface area (Å²) in [6.07, 6.45) is 2.90. The molecule has 0 saturated carbocycles. The van der Waals surface area contributed by atoms with Gasteiger partial charge in [0.1, 0.15) is 17.0 Å². The quantitative estimate of drug-likeness (QED) is 0.545. The largest absolute Gasteiger partial charge is 0.455 e. The number of aromatic nitrogens is 2. The molecule has 0 amide bonds. The first-order chi connectivity index (χ1) is 12.8. The lowest BCUT2D eigenvalue weighted by Crippen LogP contribution is -2.08. The van der Waals surface area contributed by atoms with E-state index < -0.39 is 9.84 Å². The summed E-state index contributed by atoms with van der Waals surface area (Å²) in [6.45, 7) is 0. The Kier molecular flexibility index (Phi) is 3.96. The van der Waals surface area contributed by atoms with E-state index in [2.05, 4.69) is 5.10 Å². The van der Waals surface area contributed by atoms with Gasteiger partial charge >= 0.3 is 0 Å². The molecule has 27 heavy (non-hydrogen) atoms. The summed E-state index contributed by atoms with van der Waals surface area (Å²) in [7, 11) is -1.54. The number of sulfone groups is 1. The Morgan fingerprint density at radius 1 is 1.00 bits per heavy atom. The van der Waals surface area contributed by atoms with Gasteiger partial charge in [0, 0.05) is 25.1 Å². The van der Waals surface area contributed by atoms with Crippen LogP contribution in [0, 0.1) is 0 Å². The Hall–Kier alpha value is -3.19. The molecule has 4 rings (SSSR count). The van der Waals surface area contributed by atoms with Crippen LogP contribution in [0.1, 0.15) is 0 Å². The molecule has 0 fully saturated rings. The normalized spacial score (nSPS) is 11.8. The number of rotatable bonds is 3. The van der Waals surface area contributed by atoms with Crippen molar-refractivity contribution in [3.05, 3.63) is 71.0 Å². The third kappa shape index (κ3) is 3.06. The van der Waals surface area contributed by atoms with Crippen LogP contribution in [0.25, 0.3) is 33.6 Å². The summed E-state index contributed by atoms with van der Waals surface area (Å²) >= 11 is 0. The maximum atomic E-state index is 13.2. The maximum Gasteiger partial charge on any atom is 0.202 e. The van der Waals surface area contributed by atoms with Crippen molar-refractivity contribution in [2.45, 2.75) is 4.90 Å². The minimum atomic E-state index is -3.31. The topological polar surface area (TPSA) is 82.2 Å². The summed E-state index contributed by atoms with van der Waals surface area (Å²) in [4.78, 5) is 13.4. The van der Waals surface area contributed by atoms with Crippen LogP contribution in [0.4, 0.5) is 0 Å². The van der Waals surface area contributed by atoms with Crippen LogP contribution in [-0.2, 0) is 16.9 Å². The lowest BCUT2D eigenvalue weighted by Gasteiger charge is -2.09. The highest BCUT2D eigenvalue weighted by Gasteiger charge is 2.20. The van der Waals surface area contributed by atoms with Gasteiger partial charge in [0.15, 0.2) is 9.84 Å². The SMILES string of the molecule is Cn1ccc(-c2c(-c3ccc(S(C)(=O)=O)cc3)oc3ccccc3c2=O)n1. The van der Waals surface area contributed by atoms with Crippen molar-refractivity contribution < 1.29 is 12.8 Å². The maximum absolute atomic E-state index is 13.2. The number of benzene rings is 2. The van der Waals surface area contributed by atoms with Gasteiger partial charge in [-0.05, 0) is 42.5 Å². The molecule has 0 atom stereocenters. The Morgan fingerprint density at radius 3 is 2.33 bits per heavy atom. The first kappa shape index (κ1) is 17.2. The van der Waals surface area contributed by atoms with E-state index in [-0.39, 0.29) is 10.3 Å². The predicted octanol–water partition coefficient (Wildman–Crippen LogP) is 3.26. The van der Waals surface area contributed by atoms with Gasteiger partial charge in [-0.2, -0.15) is 5.10 Å². The zero-order chi connectivity index (χ0) is 19.2. The molecule has 136 valence electrons. The Labute approximate surface area is 155 Å². The van der Waals surface area contributed by atoms with Crippen LogP contribution in [0.3, 0.4) is 0 Å². The molecule has 6 nitrogen and oxygen atoms in total. The van der Waals surface area contributed by atoms with Gasteiger partial charge in [0.25, 0.3) is 0 Å². The summed E-state index contributed by atoms with van der Waals surface area (Å²) < 4.78 is 31.1. The molecule has 0 radical (unpaired) electrons.